The van der Waals surface area contributed by atoms with E-state index >= 15 is 0 Å². The molecule has 2 nitrogen and oxygen atoms in total. The fourth-order valence-electron chi connectivity index (χ4n) is 2.04. The molecule has 2 heterocycles. The van der Waals surface area contributed by atoms with E-state index in [1.807, 2.05) is 0 Å². The van der Waals surface area contributed by atoms with Gasteiger partial charge in [0.25, 0.3) is 0 Å². The molecule has 0 aromatic rings. The maximum absolute atomic E-state index is 9.23. The lowest BCUT2D eigenvalue weighted by Crippen LogP contribution is -2.45. The van der Waals surface area contributed by atoms with Crippen LogP contribution in [0.25, 0.3) is 0 Å². The second-order valence-corrected chi connectivity index (χ2v) is 3.30. The number of hydrogen-bond donors (Lipinski definition) is 1. The van der Waals surface area contributed by atoms with Crippen LogP contribution in [-0.2, 0) is 0 Å². The van der Waals surface area contributed by atoms with Crippen molar-refractivity contribution in [2.45, 2.75) is 31.7 Å². The third-order valence-electron chi connectivity index (χ3n) is 2.68. The molecule has 3 rings (SSSR count). The fourth-order valence-corrected chi connectivity index (χ4v) is 2.04. The Morgan fingerprint density at radius 1 is 1.11 bits per heavy atom. The molecule has 3 aliphatic rings. The predicted molar refractivity (Wildman–Crippen MR) is 34.2 cm³/mol. The molecular formula is C7H13NO. The van der Waals surface area contributed by atoms with E-state index in [4.69, 9.17) is 0 Å². The lowest BCUT2D eigenvalue weighted by atomic mass is 9.81. The molecule has 1 aliphatic carbocycles. The molecule has 0 atom stereocenters. The number of rotatable bonds is 0. The van der Waals surface area contributed by atoms with Crippen molar-refractivity contribution in [2.24, 2.45) is 5.92 Å². The van der Waals surface area contributed by atoms with Gasteiger partial charge in [-0.15, -0.1) is 0 Å². The zero-order valence-corrected chi connectivity index (χ0v) is 5.58. The van der Waals surface area contributed by atoms with Crippen LogP contribution >= 0.6 is 0 Å². The van der Waals surface area contributed by atoms with Gasteiger partial charge in [0, 0.05) is 12.6 Å². The molecule has 2 aliphatic heterocycles. The van der Waals surface area contributed by atoms with Crippen molar-refractivity contribution in [3.05, 3.63) is 0 Å². The number of hydroxylamine groups is 2. The third-order valence-corrected chi connectivity index (χ3v) is 2.68. The van der Waals surface area contributed by atoms with Crippen molar-refractivity contribution in [1.82, 2.24) is 5.06 Å². The topological polar surface area (TPSA) is 23.5 Å². The van der Waals surface area contributed by atoms with Gasteiger partial charge in [0.15, 0.2) is 0 Å². The standard InChI is InChI=1S/C7H13NO/c9-8-5-6-1-3-7(8)4-2-6/h6-7,9H,1-5H2. The maximum Gasteiger partial charge on any atom is 0.0350 e. The van der Waals surface area contributed by atoms with Crippen molar-refractivity contribution in [2.75, 3.05) is 6.54 Å². The summed E-state index contributed by atoms with van der Waals surface area (Å²) in [5.41, 5.74) is 0. The molecule has 2 bridgehead atoms. The number of fused-ring (bicyclic) bond motifs is 3. The summed E-state index contributed by atoms with van der Waals surface area (Å²) in [5, 5.41) is 10.8. The summed E-state index contributed by atoms with van der Waals surface area (Å²) in [6, 6.07) is 0.509. The Morgan fingerprint density at radius 2 is 1.78 bits per heavy atom. The number of hydrogen-bond acceptors (Lipinski definition) is 2. The van der Waals surface area contributed by atoms with Crippen molar-refractivity contribution >= 4 is 0 Å². The molecule has 2 heteroatoms. The van der Waals surface area contributed by atoms with Crippen molar-refractivity contribution in [3.8, 4) is 0 Å². The smallest absolute Gasteiger partial charge is 0.0350 e. The van der Waals surface area contributed by atoms with Gasteiger partial charge in [-0.3, -0.25) is 0 Å². The van der Waals surface area contributed by atoms with Crippen LogP contribution in [0, 0.1) is 5.92 Å². The second kappa shape index (κ2) is 1.96. The van der Waals surface area contributed by atoms with Gasteiger partial charge in [-0.2, -0.15) is 5.06 Å². The molecule has 0 spiro atoms. The predicted octanol–water partition coefficient (Wildman–Crippen LogP) is 1.25. The van der Waals surface area contributed by atoms with Crippen LogP contribution in [0.15, 0.2) is 0 Å². The number of nitrogens with zero attached hydrogens (tertiary/aromatic N) is 1. The normalized spacial score (nSPS) is 43.7. The molecule has 52 valence electrons. The average molecular weight is 127 g/mol. The first kappa shape index (κ1) is 5.69. The highest BCUT2D eigenvalue weighted by molar-refractivity contribution is 4.83. The zero-order chi connectivity index (χ0) is 6.27. The Bertz CT molecular complexity index is 107. The average Bonchev–Trinajstić information content (AvgIpc) is 1.90. The highest BCUT2D eigenvalue weighted by Gasteiger charge is 2.32. The summed E-state index contributed by atoms with van der Waals surface area (Å²) in [7, 11) is 0. The summed E-state index contributed by atoms with van der Waals surface area (Å²) in [5.74, 6) is 0.806. The molecule has 2 saturated heterocycles. The minimum atomic E-state index is 0.509. The molecule has 0 amide bonds. The quantitative estimate of drug-likeness (QED) is 0.529. The largest absolute Gasteiger partial charge is 0.314 e. The maximum atomic E-state index is 9.23. The minimum Gasteiger partial charge on any atom is -0.314 e. The third kappa shape index (κ3) is 0.864. The summed E-state index contributed by atoms with van der Waals surface area (Å²) < 4.78 is 0. The van der Waals surface area contributed by atoms with E-state index in [0.717, 1.165) is 12.5 Å². The molecule has 0 unspecified atom stereocenters. The highest BCUT2D eigenvalue weighted by Crippen LogP contribution is 2.33. The van der Waals surface area contributed by atoms with Gasteiger partial charge < -0.3 is 5.21 Å². The molecule has 3 fully saturated rings. The Labute approximate surface area is 55.4 Å². The minimum absolute atomic E-state index is 0.509. The molecule has 0 aromatic heterocycles. The summed E-state index contributed by atoms with van der Waals surface area (Å²) in [6.45, 7) is 0.935. The Kier molecular flexibility index (Phi) is 1.24. The first-order valence-electron chi connectivity index (χ1n) is 3.82. The van der Waals surface area contributed by atoms with Crippen LogP contribution in [0.5, 0.6) is 0 Å². The van der Waals surface area contributed by atoms with Crippen LogP contribution in [0.1, 0.15) is 25.7 Å². The van der Waals surface area contributed by atoms with Crippen LogP contribution in [0.3, 0.4) is 0 Å². The van der Waals surface area contributed by atoms with Gasteiger partial charge in [-0.25, -0.2) is 0 Å². The van der Waals surface area contributed by atoms with E-state index in [-0.39, 0.29) is 0 Å². The van der Waals surface area contributed by atoms with E-state index in [9.17, 15) is 5.21 Å². The van der Waals surface area contributed by atoms with E-state index in [2.05, 4.69) is 0 Å². The first-order valence-corrected chi connectivity index (χ1v) is 3.82. The molecule has 0 aromatic carbocycles. The zero-order valence-electron chi connectivity index (χ0n) is 5.58. The van der Waals surface area contributed by atoms with Crippen LogP contribution in [-0.4, -0.2) is 22.9 Å². The molecular weight excluding hydrogens is 114 g/mol. The molecule has 0 radical (unpaired) electrons. The monoisotopic (exact) mass is 127 g/mol. The van der Waals surface area contributed by atoms with Gasteiger partial charge in [0.2, 0.25) is 0 Å². The van der Waals surface area contributed by atoms with Gasteiger partial charge in [-0.05, 0) is 31.6 Å². The summed E-state index contributed by atoms with van der Waals surface area (Å²) in [4.78, 5) is 0. The number of piperidine rings is 2. The fraction of sp³-hybridized carbons (Fsp3) is 1.00. The van der Waals surface area contributed by atoms with Gasteiger partial charge >= 0.3 is 0 Å². The Morgan fingerprint density at radius 3 is 2.00 bits per heavy atom. The van der Waals surface area contributed by atoms with Gasteiger partial charge in [0.1, 0.15) is 0 Å². The Balaban J connectivity index is 2.06. The van der Waals surface area contributed by atoms with E-state index in [1.165, 1.54) is 30.7 Å². The van der Waals surface area contributed by atoms with Crippen LogP contribution in [0.2, 0.25) is 0 Å². The van der Waals surface area contributed by atoms with Crippen LogP contribution in [0.4, 0.5) is 0 Å². The molecule has 1 saturated carbocycles. The van der Waals surface area contributed by atoms with Crippen LogP contribution < -0.4 is 0 Å². The van der Waals surface area contributed by atoms with Crippen molar-refractivity contribution in [1.29, 1.82) is 0 Å². The Hall–Kier alpha value is -0.0800. The SMILES string of the molecule is ON1CC2CCC1CC2. The summed E-state index contributed by atoms with van der Waals surface area (Å²) >= 11 is 0. The molecule has 9 heavy (non-hydrogen) atoms. The van der Waals surface area contributed by atoms with E-state index in [0.29, 0.717) is 6.04 Å². The summed E-state index contributed by atoms with van der Waals surface area (Å²) in [6.07, 6.45) is 5.14. The van der Waals surface area contributed by atoms with Crippen molar-refractivity contribution < 1.29 is 5.21 Å². The van der Waals surface area contributed by atoms with E-state index in [1.54, 1.807) is 0 Å². The second-order valence-electron chi connectivity index (χ2n) is 3.30. The first-order chi connectivity index (χ1) is 4.36. The lowest BCUT2D eigenvalue weighted by Gasteiger charge is -2.41. The highest BCUT2D eigenvalue weighted by atomic mass is 16.5. The van der Waals surface area contributed by atoms with Gasteiger partial charge in [0.05, 0.1) is 0 Å². The van der Waals surface area contributed by atoms with Gasteiger partial charge in [-0.1, -0.05) is 0 Å². The molecule has 1 N–H and O–H groups in total. The van der Waals surface area contributed by atoms with E-state index < -0.39 is 0 Å². The lowest BCUT2D eigenvalue weighted by molar-refractivity contribution is -0.176. The van der Waals surface area contributed by atoms with Crippen molar-refractivity contribution in [3.63, 3.8) is 0 Å².